The summed E-state index contributed by atoms with van der Waals surface area (Å²) in [4.78, 5) is 35.4. The zero-order valence-electron chi connectivity index (χ0n) is 12.2. The van der Waals surface area contributed by atoms with Gasteiger partial charge in [0.1, 0.15) is 12.2 Å². The number of hydrogen-bond acceptors (Lipinski definition) is 8. The number of carbonyl (C=O) groups is 3. The molecule has 22 heavy (non-hydrogen) atoms. The molecule has 1 amide bonds. The highest BCUT2D eigenvalue weighted by Crippen LogP contribution is 2.50. The average Bonchev–Trinajstić information content (AvgIpc) is 2.99. The number of amides is 1. The van der Waals surface area contributed by atoms with Gasteiger partial charge in [0.2, 0.25) is 0 Å². The maximum absolute atomic E-state index is 12.1. The van der Waals surface area contributed by atoms with E-state index >= 15 is 0 Å². The van der Waals surface area contributed by atoms with E-state index in [1.54, 1.807) is 19.1 Å². The van der Waals surface area contributed by atoms with Crippen molar-refractivity contribution in [2.75, 3.05) is 20.8 Å². The number of rotatable bonds is 4. The molecular weight excluding hydrogens is 314 g/mol. The molecule has 9 heteroatoms. The molecule has 0 spiro atoms. The molecule has 120 valence electrons. The van der Waals surface area contributed by atoms with E-state index in [9.17, 15) is 14.4 Å². The standard InChI is InChI=1S/C13H15NO7S/c1-12-4-5-13(21-12,6-20-11(17)14-22)8(10(16)19-3)7(12)9(15)18-2/h4-5,22H,6H2,1-3H3,(H,14,17). The van der Waals surface area contributed by atoms with Gasteiger partial charge in [-0.15, -0.1) is 0 Å². The van der Waals surface area contributed by atoms with Gasteiger partial charge in [0.05, 0.1) is 25.4 Å². The highest BCUT2D eigenvalue weighted by Gasteiger charge is 2.60. The summed E-state index contributed by atoms with van der Waals surface area (Å²) in [6, 6.07) is 0. The van der Waals surface area contributed by atoms with Gasteiger partial charge in [0, 0.05) is 0 Å². The quantitative estimate of drug-likeness (QED) is 0.331. The van der Waals surface area contributed by atoms with Crippen molar-refractivity contribution in [3.05, 3.63) is 23.3 Å². The van der Waals surface area contributed by atoms with Crippen LogP contribution in [0.1, 0.15) is 6.92 Å². The fourth-order valence-electron chi connectivity index (χ4n) is 2.61. The normalized spacial score (nSPS) is 28.5. The number of fused-ring (bicyclic) bond motifs is 2. The molecule has 1 N–H and O–H groups in total. The van der Waals surface area contributed by atoms with Crippen molar-refractivity contribution >= 4 is 30.8 Å². The van der Waals surface area contributed by atoms with Crippen molar-refractivity contribution in [1.82, 2.24) is 4.72 Å². The minimum atomic E-state index is -1.40. The number of nitrogens with one attached hydrogen (secondary N) is 1. The topological polar surface area (TPSA) is 100 Å². The van der Waals surface area contributed by atoms with E-state index in [1.165, 1.54) is 14.2 Å². The molecule has 2 atom stereocenters. The van der Waals surface area contributed by atoms with E-state index in [4.69, 9.17) is 18.9 Å². The Balaban J connectivity index is 2.47. The van der Waals surface area contributed by atoms with Crippen LogP contribution in [-0.4, -0.2) is 50.1 Å². The van der Waals surface area contributed by atoms with Crippen LogP contribution < -0.4 is 4.72 Å². The second kappa shape index (κ2) is 5.65. The van der Waals surface area contributed by atoms with Gasteiger partial charge in [0.25, 0.3) is 0 Å². The Morgan fingerprint density at radius 2 is 1.77 bits per heavy atom. The third kappa shape index (κ3) is 2.35. The number of esters is 2. The van der Waals surface area contributed by atoms with Gasteiger partial charge in [-0.05, 0) is 19.1 Å². The lowest BCUT2D eigenvalue weighted by Gasteiger charge is -2.25. The van der Waals surface area contributed by atoms with Crippen molar-refractivity contribution in [1.29, 1.82) is 0 Å². The Bertz CT molecular complexity index is 599. The number of ether oxygens (including phenoxy) is 4. The molecule has 0 saturated heterocycles. The molecule has 0 aromatic rings. The van der Waals surface area contributed by atoms with Gasteiger partial charge < -0.3 is 18.9 Å². The first kappa shape index (κ1) is 16.4. The molecule has 0 fully saturated rings. The van der Waals surface area contributed by atoms with Crippen LogP contribution in [-0.2, 0) is 28.5 Å². The molecule has 0 aromatic heterocycles. The summed E-state index contributed by atoms with van der Waals surface area (Å²) in [5.41, 5.74) is -2.57. The largest absolute Gasteiger partial charge is 0.466 e. The second-order valence-corrected chi connectivity index (χ2v) is 5.08. The van der Waals surface area contributed by atoms with E-state index in [2.05, 4.69) is 12.8 Å². The maximum atomic E-state index is 12.1. The third-order valence-corrected chi connectivity index (χ3v) is 3.70. The highest BCUT2D eigenvalue weighted by atomic mass is 32.1. The molecule has 0 aliphatic carbocycles. The number of hydrogen-bond donors (Lipinski definition) is 2. The molecule has 2 aliphatic rings. The summed E-state index contributed by atoms with van der Waals surface area (Å²) in [5.74, 6) is -1.48. The Kier molecular flexibility index (Phi) is 4.21. The predicted molar refractivity (Wildman–Crippen MR) is 75.9 cm³/mol. The maximum Gasteiger partial charge on any atom is 0.417 e. The molecule has 2 heterocycles. The first-order valence-electron chi connectivity index (χ1n) is 6.23. The van der Waals surface area contributed by atoms with Crippen LogP contribution in [0.25, 0.3) is 0 Å². The molecule has 2 bridgehead atoms. The van der Waals surface area contributed by atoms with Crippen LogP contribution in [0.4, 0.5) is 4.79 Å². The van der Waals surface area contributed by atoms with E-state index in [1.807, 2.05) is 4.72 Å². The first-order chi connectivity index (χ1) is 10.3. The lowest BCUT2D eigenvalue weighted by atomic mass is 9.82. The minimum Gasteiger partial charge on any atom is -0.466 e. The second-order valence-electron chi connectivity index (χ2n) is 4.85. The Hall–Kier alpha value is -2.00. The first-order valence-corrected chi connectivity index (χ1v) is 6.67. The SMILES string of the molecule is COC(=O)C1=C(C(=O)OC)C2(COC(=O)NS)C=CC1(C)O2. The summed E-state index contributed by atoms with van der Waals surface area (Å²) in [5, 5.41) is 0. The minimum absolute atomic E-state index is 0.0271. The molecule has 2 unspecified atom stereocenters. The number of carbonyl (C=O) groups excluding carboxylic acids is 3. The molecule has 2 rings (SSSR count). The lowest BCUT2D eigenvalue weighted by molar-refractivity contribution is -0.139. The summed E-state index contributed by atoms with van der Waals surface area (Å²) in [6.07, 6.45) is 2.34. The zero-order chi connectivity index (χ0) is 16.5. The van der Waals surface area contributed by atoms with E-state index < -0.39 is 29.2 Å². The molecule has 0 saturated carbocycles. The summed E-state index contributed by atoms with van der Waals surface area (Å²) in [6.45, 7) is 1.28. The monoisotopic (exact) mass is 329 g/mol. The predicted octanol–water partition coefficient (Wildman–Crippen LogP) is 0.298. The molecule has 8 nitrogen and oxygen atoms in total. The van der Waals surface area contributed by atoms with Crippen molar-refractivity contribution in [3.8, 4) is 0 Å². The van der Waals surface area contributed by atoms with Gasteiger partial charge in [0.15, 0.2) is 5.60 Å². The van der Waals surface area contributed by atoms with Crippen molar-refractivity contribution < 1.29 is 33.3 Å². The Morgan fingerprint density at radius 1 is 1.18 bits per heavy atom. The highest BCUT2D eigenvalue weighted by molar-refractivity contribution is 7.78. The van der Waals surface area contributed by atoms with Crippen molar-refractivity contribution in [2.24, 2.45) is 0 Å². The van der Waals surface area contributed by atoms with Gasteiger partial charge in [-0.1, -0.05) is 12.8 Å². The Morgan fingerprint density at radius 3 is 2.32 bits per heavy atom. The fraction of sp³-hybridized carbons (Fsp3) is 0.462. The average molecular weight is 329 g/mol. The summed E-state index contributed by atoms with van der Waals surface area (Å²) in [7, 11) is 2.37. The fourth-order valence-corrected chi connectivity index (χ4v) is 2.67. The van der Waals surface area contributed by atoms with Crippen molar-refractivity contribution in [3.63, 3.8) is 0 Å². The van der Waals surface area contributed by atoms with E-state index in [0.29, 0.717) is 0 Å². The summed E-state index contributed by atoms with van der Waals surface area (Å²) >= 11 is 3.56. The van der Waals surface area contributed by atoms with E-state index in [0.717, 1.165) is 0 Å². The molecule has 0 aromatic carbocycles. The molecule has 2 aliphatic heterocycles. The number of thiol groups is 1. The van der Waals surface area contributed by atoms with Crippen LogP contribution in [0, 0.1) is 0 Å². The molecular formula is C13H15NO7S. The zero-order valence-corrected chi connectivity index (χ0v) is 13.1. The number of methoxy groups -OCH3 is 2. The van der Waals surface area contributed by atoms with Gasteiger partial charge in [-0.2, -0.15) is 0 Å². The van der Waals surface area contributed by atoms with Crippen LogP contribution in [0.3, 0.4) is 0 Å². The lowest BCUT2D eigenvalue weighted by Crippen LogP contribution is -2.39. The van der Waals surface area contributed by atoms with Gasteiger partial charge >= 0.3 is 18.0 Å². The smallest absolute Gasteiger partial charge is 0.417 e. The van der Waals surface area contributed by atoms with E-state index in [-0.39, 0.29) is 17.8 Å². The summed E-state index contributed by atoms with van der Waals surface area (Å²) < 4.78 is 22.2. The van der Waals surface area contributed by atoms with Crippen molar-refractivity contribution in [2.45, 2.75) is 18.1 Å². The molecule has 0 radical (unpaired) electrons. The Labute approximate surface area is 132 Å². The van der Waals surface area contributed by atoms with Crippen LogP contribution >= 0.6 is 12.8 Å². The third-order valence-electron chi connectivity index (χ3n) is 3.52. The van der Waals surface area contributed by atoms with Crippen LogP contribution in [0.15, 0.2) is 23.3 Å². The van der Waals surface area contributed by atoms with Crippen LogP contribution in [0.2, 0.25) is 0 Å². The van der Waals surface area contributed by atoms with Gasteiger partial charge in [-0.3, -0.25) is 4.72 Å². The van der Waals surface area contributed by atoms with Gasteiger partial charge in [-0.25, -0.2) is 14.4 Å². The van der Waals surface area contributed by atoms with Crippen LogP contribution in [0.5, 0.6) is 0 Å².